The highest BCUT2D eigenvalue weighted by molar-refractivity contribution is 7.89. The average molecular weight is 312 g/mol. The van der Waals surface area contributed by atoms with Crippen LogP contribution in [0.5, 0.6) is 0 Å². The number of benzene rings is 1. The Hall–Kier alpha value is -1.93. The van der Waals surface area contributed by atoms with E-state index in [2.05, 4.69) is 5.32 Å². The van der Waals surface area contributed by atoms with E-state index < -0.39 is 22.0 Å². The molecule has 1 unspecified atom stereocenters. The number of hydrogen-bond acceptors (Lipinski definition) is 4. The number of hydrogen-bond donors (Lipinski definition) is 2. The van der Waals surface area contributed by atoms with E-state index >= 15 is 0 Å². The van der Waals surface area contributed by atoms with Crippen LogP contribution in [0.25, 0.3) is 0 Å². The van der Waals surface area contributed by atoms with Gasteiger partial charge in [0.25, 0.3) is 0 Å². The molecule has 0 aromatic heterocycles. The van der Waals surface area contributed by atoms with Crippen LogP contribution < -0.4 is 5.32 Å². The molecule has 1 atom stereocenters. The third-order valence-corrected chi connectivity index (χ3v) is 5.38. The highest BCUT2D eigenvalue weighted by atomic mass is 32.2. The summed E-state index contributed by atoms with van der Waals surface area (Å²) in [6.07, 6.45) is 1.09. The van der Waals surface area contributed by atoms with Crippen LogP contribution in [0, 0.1) is 0 Å². The fraction of sp³-hybridized carbons (Fsp3) is 0.385. The minimum absolute atomic E-state index is 0.0108. The van der Waals surface area contributed by atoms with Crippen LogP contribution in [-0.2, 0) is 14.8 Å². The molecule has 1 amide bonds. The topological polar surface area (TPSA) is 104 Å². The number of carbonyl (C=O) groups is 2. The number of amides is 1. The molecule has 0 radical (unpaired) electrons. The lowest BCUT2D eigenvalue weighted by Crippen LogP contribution is -2.44. The third-order valence-electron chi connectivity index (χ3n) is 3.46. The number of aromatic carboxylic acids is 1. The van der Waals surface area contributed by atoms with Gasteiger partial charge in [0.05, 0.1) is 10.5 Å². The molecule has 8 heteroatoms. The Kier molecular flexibility index (Phi) is 4.29. The number of likely N-dealkylation sites (N-methyl/N-ethyl adjacent to an activating group) is 1. The van der Waals surface area contributed by atoms with Crippen LogP contribution in [0.3, 0.4) is 0 Å². The summed E-state index contributed by atoms with van der Waals surface area (Å²) in [4.78, 5) is 22.5. The molecule has 2 rings (SSSR count). The fourth-order valence-electron chi connectivity index (χ4n) is 2.36. The second-order valence-corrected chi connectivity index (χ2v) is 6.61. The summed E-state index contributed by atoms with van der Waals surface area (Å²) >= 11 is 0. The maximum atomic E-state index is 12.5. The number of nitrogens with zero attached hydrogens (tertiary/aromatic N) is 1. The predicted octanol–water partition coefficient (Wildman–Crippen LogP) is 0.284. The van der Waals surface area contributed by atoms with Crippen molar-refractivity contribution < 1.29 is 23.1 Å². The van der Waals surface area contributed by atoms with Crippen molar-refractivity contribution in [1.82, 2.24) is 9.62 Å². The van der Waals surface area contributed by atoms with Gasteiger partial charge >= 0.3 is 5.97 Å². The van der Waals surface area contributed by atoms with Gasteiger partial charge in [-0.25, -0.2) is 13.2 Å². The van der Waals surface area contributed by atoms with Gasteiger partial charge in [-0.15, -0.1) is 0 Å². The Morgan fingerprint density at radius 2 is 1.90 bits per heavy atom. The first kappa shape index (κ1) is 15.5. The molecular formula is C13H16N2O5S. The van der Waals surface area contributed by atoms with E-state index in [-0.39, 0.29) is 22.9 Å². The molecule has 0 spiro atoms. The summed E-state index contributed by atoms with van der Waals surface area (Å²) in [5.41, 5.74) is 0.0122. The number of rotatable bonds is 4. The van der Waals surface area contributed by atoms with E-state index in [1.54, 1.807) is 0 Å². The maximum Gasteiger partial charge on any atom is 0.335 e. The van der Waals surface area contributed by atoms with Gasteiger partial charge in [-0.05, 0) is 37.1 Å². The first-order valence-electron chi connectivity index (χ1n) is 6.44. The molecule has 1 aliphatic rings. The number of carboxylic acid groups (broad SMARTS) is 1. The molecule has 1 aliphatic heterocycles. The largest absolute Gasteiger partial charge is 0.478 e. The molecule has 0 bridgehead atoms. The van der Waals surface area contributed by atoms with Crippen LogP contribution in [-0.4, -0.2) is 49.3 Å². The Balaban J connectivity index is 2.32. The molecule has 2 N–H and O–H groups in total. The summed E-state index contributed by atoms with van der Waals surface area (Å²) in [6, 6.07) is 4.26. The van der Waals surface area contributed by atoms with Gasteiger partial charge in [-0.1, -0.05) is 0 Å². The quantitative estimate of drug-likeness (QED) is 0.831. The van der Waals surface area contributed by atoms with Gasteiger partial charge in [0.1, 0.15) is 6.04 Å². The molecular weight excluding hydrogens is 296 g/mol. The predicted molar refractivity (Wildman–Crippen MR) is 74.4 cm³/mol. The molecule has 1 fully saturated rings. The molecule has 0 saturated carbocycles. The van der Waals surface area contributed by atoms with Crippen molar-refractivity contribution in [2.75, 3.05) is 13.6 Å². The highest BCUT2D eigenvalue weighted by Gasteiger charge is 2.38. The first-order valence-corrected chi connectivity index (χ1v) is 7.88. The SMILES string of the molecule is CNC(=O)C1CCCN1S(=O)(=O)c1ccc(C(=O)O)cc1. The summed E-state index contributed by atoms with van der Waals surface area (Å²) in [5, 5.41) is 11.3. The normalized spacial score (nSPS) is 19.4. The lowest BCUT2D eigenvalue weighted by molar-refractivity contribution is -0.123. The van der Waals surface area contributed by atoms with Crippen LogP contribution in [0.4, 0.5) is 0 Å². The van der Waals surface area contributed by atoms with Crippen LogP contribution in [0.15, 0.2) is 29.2 Å². The summed E-state index contributed by atoms with van der Waals surface area (Å²) in [7, 11) is -2.34. The summed E-state index contributed by atoms with van der Waals surface area (Å²) in [6.45, 7) is 0.279. The Morgan fingerprint density at radius 3 is 2.43 bits per heavy atom. The molecule has 0 aliphatic carbocycles. The monoisotopic (exact) mass is 312 g/mol. The molecule has 114 valence electrons. The third kappa shape index (κ3) is 2.91. The molecule has 1 aromatic rings. The van der Waals surface area contributed by atoms with Crippen LogP contribution in [0.2, 0.25) is 0 Å². The molecule has 7 nitrogen and oxygen atoms in total. The average Bonchev–Trinajstić information content (AvgIpc) is 2.96. The van der Waals surface area contributed by atoms with Crippen molar-refractivity contribution in [2.45, 2.75) is 23.8 Å². The van der Waals surface area contributed by atoms with E-state index in [1.807, 2.05) is 0 Å². The van der Waals surface area contributed by atoms with E-state index in [9.17, 15) is 18.0 Å². The minimum atomic E-state index is -3.81. The van der Waals surface area contributed by atoms with Gasteiger partial charge in [0.15, 0.2) is 0 Å². The second kappa shape index (κ2) is 5.82. The van der Waals surface area contributed by atoms with Gasteiger partial charge < -0.3 is 10.4 Å². The molecule has 1 aromatic carbocycles. The van der Waals surface area contributed by atoms with Crippen molar-refractivity contribution in [3.8, 4) is 0 Å². The van der Waals surface area contributed by atoms with E-state index in [0.717, 1.165) is 0 Å². The minimum Gasteiger partial charge on any atom is -0.478 e. The smallest absolute Gasteiger partial charge is 0.335 e. The Morgan fingerprint density at radius 1 is 1.29 bits per heavy atom. The molecule has 1 saturated heterocycles. The second-order valence-electron chi connectivity index (χ2n) is 4.72. The van der Waals surface area contributed by atoms with Crippen molar-refractivity contribution in [2.24, 2.45) is 0 Å². The van der Waals surface area contributed by atoms with Gasteiger partial charge in [-0.2, -0.15) is 4.31 Å². The fourth-order valence-corrected chi connectivity index (χ4v) is 4.02. The number of sulfonamides is 1. The summed E-state index contributed by atoms with van der Waals surface area (Å²) in [5.74, 6) is -1.46. The standard InChI is InChI=1S/C13H16N2O5S/c1-14-12(16)11-3-2-8-15(11)21(19,20)10-6-4-9(5-7-10)13(17)18/h4-7,11H,2-3,8H2,1H3,(H,14,16)(H,17,18). The lowest BCUT2D eigenvalue weighted by atomic mass is 10.2. The summed E-state index contributed by atoms with van der Waals surface area (Å²) < 4.78 is 26.3. The van der Waals surface area contributed by atoms with Gasteiger partial charge in [0.2, 0.25) is 15.9 Å². The zero-order valence-electron chi connectivity index (χ0n) is 11.4. The van der Waals surface area contributed by atoms with Gasteiger partial charge in [0, 0.05) is 13.6 Å². The number of carbonyl (C=O) groups excluding carboxylic acids is 1. The zero-order valence-corrected chi connectivity index (χ0v) is 12.3. The first-order chi connectivity index (χ1) is 9.87. The molecule has 21 heavy (non-hydrogen) atoms. The Labute approximate surface area is 122 Å². The van der Waals surface area contributed by atoms with E-state index in [4.69, 9.17) is 5.11 Å². The van der Waals surface area contributed by atoms with Crippen molar-refractivity contribution in [3.63, 3.8) is 0 Å². The molecule has 1 heterocycles. The number of carboxylic acids is 1. The van der Waals surface area contributed by atoms with Crippen molar-refractivity contribution in [3.05, 3.63) is 29.8 Å². The highest BCUT2D eigenvalue weighted by Crippen LogP contribution is 2.26. The Bertz CT molecular complexity index is 654. The van der Waals surface area contributed by atoms with E-state index in [1.165, 1.54) is 35.6 Å². The lowest BCUT2D eigenvalue weighted by Gasteiger charge is -2.22. The van der Waals surface area contributed by atoms with E-state index in [0.29, 0.717) is 12.8 Å². The zero-order chi connectivity index (χ0) is 15.6. The van der Waals surface area contributed by atoms with Crippen molar-refractivity contribution >= 4 is 21.9 Å². The van der Waals surface area contributed by atoms with Crippen LogP contribution in [0.1, 0.15) is 23.2 Å². The van der Waals surface area contributed by atoms with Gasteiger partial charge in [-0.3, -0.25) is 4.79 Å². The van der Waals surface area contributed by atoms with Crippen molar-refractivity contribution in [1.29, 1.82) is 0 Å². The maximum absolute atomic E-state index is 12.5. The van der Waals surface area contributed by atoms with Crippen LogP contribution >= 0.6 is 0 Å². The number of nitrogens with one attached hydrogen (secondary N) is 1.